The van der Waals surface area contributed by atoms with Crippen molar-refractivity contribution in [2.24, 2.45) is 0 Å². The molecule has 94 valence electrons. The third-order valence-electron chi connectivity index (χ3n) is 2.85. The first-order chi connectivity index (χ1) is 9.15. The van der Waals surface area contributed by atoms with Crippen molar-refractivity contribution in [2.75, 3.05) is 0 Å². The number of carbonyl (C=O) groups is 1. The van der Waals surface area contributed by atoms with Crippen molar-refractivity contribution in [2.45, 2.75) is 6.61 Å². The molecule has 0 aliphatic carbocycles. The second-order valence-electron chi connectivity index (χ2n) is 4.02. The van der Waals surface area contributed by atoms with Crippen LogP contribution in [0.2, 0.25) is 0 Å². The van der Waals surface area contributed by atoms with E-state index in [0.717, 1.165) is 11.1 Å². The van der Waals surface area contributed by atoms with E-state index >= 15 is 0 Å². The zero-order valence-corrected chi connectivity index (χ0v) is 10.00. The summed E-state index contributed by atoms with van der Waals surface area (Å²) in [5, 5.41) is 27.0. The Bertz CT molecular complexity index is 654. The lowest BCUT2D eigenvalue weighted by atomic mass is 9.97. The van der Waals surface area contributed by atoms with E-state index in [4.69, 9.17) is 10.4 Å². The van der Waals surface area contributed by atoms with E-state index in [1.54, 1.807) is 30.3 Å². The van der Waals surface area contributed by atoms with E-state index < -0.39 is 5.97 Å². The van der Waals surface area contributed by atoms with E-state index in [1.165, 1.54) is 12.1 Å². The van der Waals surface area contributed by atoms with Crippen molar-refractivity contribution < 1.29 is 15.0 Å². The predicted octanol–water partition coefficient (Wildman–Crippen LogP) is 2.42. The first-order valence-electron chi connectivity index (χ1n) is 5.63. The standard InChI is InChI=1S/C15H11NO3/c16-8-10-1-3-11(4-2-10)14-6-5-12(15(18)19)7-13(14)9-17/h1-7,17H,9H2,(H,18,19). The Hall–Kier alpha value is -2.64. The molecule has 0 amide bonds. The lowest BCUT2D eigenvalue weighted by Crippen LogP contribution is -1.99. The molecule has 4 heteroatoms. The van der Waals surface area contributed by atoms with Gasteiger partial charge in [0.05, 0.1) is 23.8 Å². The van der Waals surface area contributed by atoms with Gasteiger partial charge in [-0.05, 0) is 41.0 Å². The fraction of sp³-hybridized carbons (Fsp3) is 0.0667. The van der Waals surface area contributed by atoms with E-state index in [-0.39, 0.29) is 12.2 Å². The van der Waals surface area contributed by atoms with E-state index in [9.17, 15) is 9.90 Å². The van der Waals surface area contributed by atoms with Crippen LogP contribution in [-0.2, 0) is 6.61 Å². The van der Waals surface area contributed by atoms with Gasteiger partial charge in [-0.1, -0.05) is 18.2 Å². The molecule has 0 unspecified atom stereocenters. The average molecular weight is 253 g/mol. The minimum Gasteiger partial charge on any atom is -0.478 e. The Morgan fingerprint density at radius 2 is 1.84 bits per heavy atom. The number of rotatable bonds is 3. The van der Waals surface area contributed by atoms with Crippen molar-refractivity contribution in [1.29, 1.82) is 5.26 Å². The normalized spacial score (nSPS) is 9.89. The molecular weight excluding hydrogens is 242 g/mol. The summed E-state index contributed by atoms with van der Waals surface area (Å²) >= 11 is 0. The molecule has 0 bridgehead atoms. The van der Waals surface area contributed by atoms with Gasteiger partial charge in [0.25, 0.3) is 0 Å². The van der Waals surface area contributed by atoms with Crippen LogP contribution < -0.4 is 0 Å². The molecular formula is C15H11NO3. The summed E-state index contributed by atoms with van der Waals surface area (Å²) in [6, 6.07) is 13.6. The highest BCUT2D eigenvalue weighted by atomic mass is 16.4. The Labute approximate surface area is 110 Å². The second-order valence-corrected chi connectivity index (χ2v) is 4.02. The zero-order chi connectivity index (χ0) is 13.8. The van der Waals surface area contributed by atoms with Gasteiger partial charge >= 0.3 is 5.97 Å². The van der Waals surface area contributed by atoms with Crippen LogP contribution in [-0.4, -0.2) is 16.2 Å². The third kappa shape index (κ3) is 2.62. The van der Waals surface area contributed by atoms with Crippen LogP contribution in [0.15, 0.2) is 42.5 Å². The Balaban J connectivity index is 2.49. The lowest BCUT2D eigenvalue weighted by Gasteiger charge is -2.09. The molecule has 0 saturated carbocycles. The highest BCUT2D eigenvalue weighted by Crippen LogP contribution is 2.25. The van der Waals surface area contributed by atoms with Crippen molar-refractivity contribution >= 4 is 5.97 Å². The Morgan fingerprint density at radius 3 is 2.37 bits per heavy atom. The summed E-state index contributed by atoms with van der Waals surface area (Å²) < 4.78 is 0. The van der Waals surface area contributed by atoms with Crippen LogP contribution in [0.1, 0.15) is 21.5 Å². The number of benzene rings is 2. The van der Waals surface area contributed by atoms with Crippen LogP contribution in [0.5, 0.6) is 0 Å². The average Bonchev–Trinajstić information content (AvgIpc) is 2.46. The molecule has 0 aliphatic rings. The maximum absolute atomic E-state index is 10.9. The maximum atomic E-state index is 10.9. The minimum absolute atomic E-state index is 0.140. The fourth-order valence-electron chi connectivity index (χ4n) is 1.86. The number of hydrogen-bond acceptors (Lipinski definition) is 3. The third-order valence-corrected chi connectivity index (χ3v) is 2.85. The number of hydrogen-bond donors (Lipinski definition) is 2. The molecule has 0 aromatic heterocycles. The minimum atomic E-state index is -1.03. The van der Waals surface area contributed by atoms with Gasteiger partial charge in [0.2, 0.25) is 0 Å². The molecule has 2 aromatic rings. The molecule has 0 radical (unpaired) electrons. The smallest absolute Gasteiger partial charge is 0.335 e. The van der Waals surface area contributed by atoms with Crippen LogP contribution >= 0.6 is 0 Å². The van der Waals surface area contributed by atoms with Crippen molar-refractivity contribution in [3.8, 4) is 17.2 Å². The molecule has 0 spiro atoms. The van der Waals surface area contributed by atoms with Gasteiger partial charge in [0, 0.05) is 0 Å². The number of carboxylic acid groups (broad SMARTS) is 1. The first kappa shape index (κ1) is 12.8. The maximum Gasteiger partial charge on any atom is 0.335 e. The summed E-state index contributed by atoms with van der Waals surface area (Å²) in [5.41, 5.74) is 2.83. The van der Waals surface area contributed by atoms with E-state index in [1.807, 2.05) is 6.07 Å². The molecule has 19 heavy (non-hydrogen) atoms. The number of nitriles is 1. The quantitative estimate of drug-likeness (QED) is 0.880. The fourth-order valence-corrected chi connectivity index (χ4v) is 1.86. The number of carboxylic acids is 1. The number of aromatic carboxylic acids is 1. The second kappa shape index (κ2) is 5.34. The van der Waals surface area contributed by atoms with Crippen molar-refractivity contribution in [3.63, 3.8) is 0 Å². The molecule has 0 saturated heterocycles. The van der Waals surface area contributed by atoms with Gasteiger partial charge < -0.3 is 10.2 Å². The van der Waals surface area contributed by atoms with E-state index in [2.05, 4.69) is 0 Å². The first-order valence-corrected chi connectivity index (χ1v) is 5.63. The molecule has 0 fully saturated rings. The summed E-state index contributed by atoms with van der Waals surface area (Å²) in [4.78, 5) is 10.9. The highest BCUT2D eigenvalue weighted by Gasteiger charge is 2.09. The van der Waals surface area contributed by atoms with Gasteiger partial charge in [0.1, 0.15) is 0 Å². The molecule has 0 heterocycles. The summed E-state index contributed by atoms with van der Waals surface area (Å²) in [7, 11) is 0. The largest absolute Gasteiger partial charge is 0.478 e. The lowest BCUT2D eigenvalue weighted by molar-refractivity contribution is 0.0696. The van der Waals surface area contributed by atoms with Gasteiger partial charge in [-0.3, -0.25) is 0 Å². The number of aliphatic hydroxyl groups excluding tert-OH is 1. The molecule has 2 N–H and O–H groups in total. The SMILES string of the molecule is N#Cc1ccc(-c2ccc(C(=O)O)cc2CO)cc1. The molecule has 2 rings (SSSR count). The number of aliphatic hydroxyl groups is 1. The highest BCUT2D eigenvalue weighted by molar-refractivity contribution is 5.89. The van der Waals surface area contributed by atoms with Gasteiger partial charge in [0.15, 0.2) is 0 Å². The van der Waals surface area contributed by atoms with Crippen LogP contribution in [0.4, 0.5) is 0 Å². The summed E-state index contributed by atoms with van der Waals surface area (Å²) in [6.45, 7) is -0.240. The Morgan fingerprint density at radius 1 is 1.16 bits per heavy atom. The zero-order valence-electron chi connectivity index (χ0n) is 10.00. The summed E-state index contributed by atoms with van der Waals surface area (Å²) in [6.07, 6.45) is 0. The molecule has 2 aromatic carbocycles. The van der Waals surface area contributed by atoms with Crippen LogP contribution in [0, 0.1) is 11.3 Å². The van der Waals surface area contributed by atoms with E-state index in [0.29, 0.717) is 11.1 Å². The Kier molecular flexibility index (Phi) is 3.60. The van der Waals surface area contributed by atoms with Crippen LogP contribution in [0.25, 0.3) is 11.1 Å². The van der Waals surface area contributed by atoms with Gasteiger partial charge in [-0.15, -0.1) is 0 Å². The molecule has 4 nitrogen and oxygen atoms in total. The predicted molar refractivity (Wildman–Crippen MR) is 69.5 cm³/mol. The molecule has 0 aliphatic heterocycles. The van der Waals surface area contributed by atoms with Gasteiger partial charge in [-0.25, -0.2) is 4.79 Å². The topological polar surface area (TPSA) is 81.3 Å². The molecule has 0 atom stereocenters. The van der Waals surface area contributed by atoms with Crippen molar-refractivity contribution in [1.82, 2.24) is 0 Å². The monoisotopic (exact) mass is 253 g/mol. The van der Waals surface area contributed by atoms with Crippen LogP contribution in [0.3, 0.4) is 0 Å². The number of nitrogens with zero attached hydrogens (tertiary/aromatic N) is 1. The summed E-state index contributed by atoms with van der Waals surface area (Å²) in [5.74, 6) is -1.03. The van der Waals surface area contributed by atoms with Gasteiger partial charge in [-0.2, -0.15) is 5.26 Å². The van der Waals surface area contributed by atoms with Crippen molar-refractivity contribution in [3.05, 3.63) is 59.2 Å².